The van der Waals surface area contributed by atoms with Gasteiger partial charge in [0.1, 0.15) is 12.3 Å². The zero-order valence-electron chi connectivity index (χ0n) is 13.5. The molecule has 0 unspecified atom stereocenters. The van der Waals surface area contributed by atoms with Crippen molar-refractivity contribution >= 4 is 17.3 Å². The smallest absolute Gasteiger partial charge is 0.191 e. The molecular weight excluding hydrogens is 308 g/mol. The molecule has 6 heteroatoms. The summed E-state index contributed by atoms with van der Waals surface area (Å²) in [5, 5.41) is 8.89. The predicted octanol–water partition coefficient (Wildman–Crippen LogP) is 2.45. The van der Waals surface area contributed by atoms with Crippen LogP contribution in [0.5, 0.6) is 0 Å². The van der Waals surface area contributed by atoms with E-state index in [9.17, 15) is 0 Å². The third-order valence-electron chi connectivity index (χ3n) is 3.92. The van der Waals surface area contributed by atoms with E-state index in [1.165, 1.54) is 12.0 Å². The van der Waals surface area contributed by atoms with E-state index in [2.05, 4.69) is 38.9 Å². The maximum absolute atomic E-state index is 5.32. The van der Waals surface area contributed by atoms with Crippen molar-refractivity contribution < 1.29 is 4.42 Å². The van der Waals surface area contributed by atoms with E-state index < -0.39 is 0 Å². The van der Waals surface area contributed by atoms with Crippen LogP contribution in [-0.4, -0.2) is 37.0 Å². The normalized spacial score (nSPS) is 15.4. The van der Waals surface area contributed by atoms with Gasteiger partial charge >= 0.3 is 0 Å². The van der Waals surface area contributed by atoms with Crippen LogP contribution in [0.3, 0.4) is 0 Å². The molecule has 0 radical (unpaired) electrons. The van der Waals surface area contributed by atoms with Crippen LogP contribution < -0.4 is 10.6 Å². The molecule has 0 saturated heterocycles. The Morgan fingerprint density at radius 1 is 1.39 bits per heavy atom. The van der Waals surface area contributed by atoms with Gasteiger partial charge in [-0.15, -0.1) is 11.3 Å². The number of nitrogens with one attached hydrogen (secondary N) is 2. The monoisotopic (exact) mass is 332 g/mol. The minimum Gasteiger partial charge on any atom is -0.467 e. The number of thiophene rings is 1. The van der Waals surface area contributed by atoms with Crippen LogP contribution in [0.15, 0.2) is 39.3 Å². The molecule has 0 bridgehead atoms. The first-order valence-electron chi connectivity index (χ1n) is 8.17. The number of hydrogen-bond acceptors (Lipinski definition) is 4. The fourth-order valence-corrected chi connectivity index (χ4v) is 3.62. The molecule has 3 rings (SSSR count). The molecule has 0 fully saturated rings. The van der Waals surface area contributed by atoms with Crippen molar-refractivity contribution in [2.24, 2.45) is 4.99 Å². The molecule has 23 heavy (non-hydrogen) atoms. The highest BCUT2D eigenvalue weighted by Gasteiger charge is 2.16. The minimum absolute atomic E-state index is 0.560. The average molecular weight is 332 g/mol. The highest BCUT2D eigenvalue weighted by molar-refractivity contribution is 7.10. The quantitative estimate of drug-likeness (QED) is 0.630. The van der Waals surface area contributed by atoms with Crippen molar-refractivity contribution in [2.75, 3.05) is 26.2 Å². The van der Waals surface area contributed by atoms with Gasteiger partial charge in [0.25, 0.3) is 0 Å². The number of guanidine groups is 1. The van der Waals surface area contributed by atoms with Crippen LogP contribution in [0.2, 0.25) is 0 Å². The Bertz CT molecular complexity index is 620. The number of furan rings is 1. The van der Waals surface area contributed by atoms with Crippen LogP contribution in [0.4, 0.5) is 0 Å². The minimum atomic E-state index is 0.560. The van der Waals surface area contributed by atoms with Crippen molar-refractivity contribution in [2.45, 2.75) is 26.4 Å². The number of fused-ring (bicyclic) bond motifs is 1. The van der Waals surface area contributed by atoms with Gasteiger partial charge in [-0.05, 0) is 42.5 Å². The van der Waals surface area contributed by atoms with Gasteiger partial charge in [-0.3, -0.25) is 4.90 Å². The number of hydrogen-bond donors (Lipinski definition) is 2. The van der Waals surface area contributed by atoms with Crippen LogP contribution in [-0.2, 0) is 19.5 Å². The topological polar surface area (TPSA) is 52.8 Å². The van der Waals surface area contributed by atoms with Crippen LogP contribution >= 0.6 is 11.3 Å². The first-order valence-corrected chi connectivity index (χ1v) is 9.05. The summed E-state index contributed by atoms with van der Waals surface area (Å²) in [6, 6.07) is 6.09. The second-order valence-electron chi connectivity index (χ2n) is 5.60. The average Bonchev–Trinajstić information content (AvgIpc) is 3.23. The maximum Gasteiger partial charge on any atom is 0.191 e. The van der Waals surface area contributed by atoms with Crippen LogP contribution in [0, 0.1) is 0 Å². The summed E-state index contributed by atoms with van der Waals surface area (Å²) in [6.45, 7) is 7.63. The number of aliphatic imine (C=N–C) groups is 1. The van der Waals surface area contributed by atoms with Gasteiger partial charge in [-0.25, -0.2) is 4.99 Å². The Hall–Kier alpha value is -1.79. The Balaban J connectivity index is 1.45. The summed E-state index contributed by atoms with van der Waals surface area (Å²) in [7, 11) is 0. The first-order chi connectivity index (χ1) is 11.3. The van der Waals surface area contributed by atoms with Crippen molar-refractivity contribution in [1.82, 2.24) is 15.5 Å². The second-order valence-corrected chi connectivity index (χ2v) is 6.60. The van der Waals surface area contributed by atoms with E-state index in [0.29, 0.717) is 6.54 Å². The maximum atomic E-state index is 5.32. The molecule has 124 valence electrons. The van der Waals surface area contributed by atoms with Gasteiger partial charge in [0.05, 0.1) is 6.26 Å². The summed E-state index contributed by atoms with van der Waals surface area (Å²) in [5.74, 6) is 1.72. The Morgan fingerprint density at radius 2 is 2.35 bits per heavy atom. The number of nitrogens with zero attached hydrogens (tertiary/aromatic N) is 2. The van der Waals surface area contributed by atoms with Gasteiger partial charge in [0.2, 0.25) is 0 Å². The lowest BCUT2D eigenvalue weighted by molar-refractivity contribution is 0.260. The third-order valence-corrected chi connectivity index (χ3v) is 4.95. The zero-order chi connectivity index (χ0) is 15.9. The largest absolute Gasteiger partial charge is 0.467 e. The highest BCUT2D eigenvalue weighted by atomic mass is 32.1. The molecule has 0 aromatic carbocycles. The third kappa shape index (κ3) is 4.59. The molecule has 0 atom stereocenters. The highest BCUT2D eigenvalue weighted by Crippen LogP contribution is 2.23. The summed E-state index contributed by atoms with van der Waals surface area (Å²) >= 11 is 1.89. The standard InChI is InChI=1S/C17H24N4OS/c1-2-18-17(20-12-15-4-3-10-22-15)19-7-9-21-8-5-16-14(13-21)6-11-23-16/h3-4,6,10-11H,2,5,7-9,12-13H2,1H3,(H2,18,19,20). The summed E-state index contributed by atoms with van der Waals surface area (Å²) in [6.07, 6.45) is 2.86. The van der Waals surface area contributed by atoms with Gasteiger partial charge in [0, 0.05) is 37.6 Å². The Labute approximate surface area is 141 Å². The van der Waals surface area contributed by atoms with Crippen molar-refractivity contribution in [3.8, 4) is 0 Å². The summed E-state index contributed by atoms with van der Waals surface area (Å²) in [4.78, 5) is 8.61. The molecule has 0 spiro atoms. The van der Waals surface area contributed by atoms with Gasteiger partial charge < -0.3 is 15.1 Å². The molecule has 1 aliphatic heterocycles. The van der Waals surface area contributed by atoms with E-state index in [-0.39, 0.29) is 0 Å². The Kier molecular flexibility index (Phi) is 5.71. The lowest BCUT2D eigenvalue weighted by Crippen LogP contribution is -2.42. The number of rotatable bonds is 6. The van der Waals surface area contributed by atoms with E-state index in [1.807, 2.05) is 23.5 Å². The molecular formula is C17H24N4OS. The molecule has 1 aliphatic rings. The SMILES string of the molecule is CCNC(=NCc1ccco1)NCCN1CCc2sccc2C1. The van der Waals surface area contributed by atoms with Crippen molar-refractivity contribution in [3.05, 3.63) is 46.0 Å². The first kappa shape index (κ1) is 16.1. The van der Waals surface area contributed by atoms with Gasteiger partial charge in [-0.2, -0.15) is 0 Å². The Morgan fingerprint density at radius 3 is 3.17 bits per heavy atom. The fourth-order valence-electron chi connectivity index (χ4n) is 2.73. The molecule has 0 aliphatic carbocycles. The molecule has 0 amide bonds. The van der Waals surface area contributed by atoms with Gasteiger partial charge in [-0.1, -0.05) is 0 Å². The summed E-state index contributed by atoms with van der Waals surface area (Å²) < 4.78 is 5.32. The van der Waals surface area contributed by atoms with E-state index in [1.54, 1.807) is 11.1 Å². The van der Waals surface area contributed by atoms with Gasteiger partial charge in [0.15, 0.2) is 5.96 Å². The molecule has 2 aromatic rings. The van der Waals surface area contributed by atoms with Crippen LogP contribution in [0.1, 0.15) is 23.1 Å². The predicted molar refractivity (Wildman–Crippen MR) is 94.8 cm³/mol. The molecule has 2 aromatic heterocycles. The lowest BCUT2D eigenvalue weighted by atomic mass is 10.1. The second kappa shape index (κ2) is 8.17. The summed E-state index contributed by atoms with van der Waals surface area (Å²) in [5.41, 5.74) is 1.50. The van der Waals surface area contributed by atoms with E-state index in [4.69, 9.17) is 4.42 Å². The van der Waals surface area contributed by atoms with Crippen molar-refractivity contribution in [3.63, 3.8) is 0 Å². The molecule has 0 saturated carbocycles. The lowest BCUT2D eigenvalue weighted by Gasteiger charge is -2.27. The fraction of sp³-hybridized carbons (Fsp3) is 0.471. The molecule has 2 N–H and O–H groups in total. The van der Waals surface area contributed by atoms with E-state index >= 15 is 0 Å². The van der Waals surface area contributed by atoms with Crippen LogP contribution in [0.25, 0.3) is 0 Å². The zero-order valence-corrected chi connectivity index (χ0v) is 14.4. The van der Waals surface area contributed by atoms with E-state index in [0.717, 1.165) is 44.4 Å². The van der Waals surface area contributed by atoms with Crippen molar-refractivity contribution in [1.29, 1.82) is 0 Å². The molecule has 5 nitrogen and oxygen atoms in total. The molecule has 3 heterocycles.